The molecule has 0 saturated heterocycles. The maximum Gasteiger partial charge on any atom is 0.309 e. The highest BCUT2D eigenvalue weighted by Crippen LogP contribution is 2.24. The zero-order chi connectivity index (χ0) is 12.3. The molecule has 4 heteroatoms. The van der Waals surface area contributed by atoms with Crippen molar-refractivity contribution in [3.63, 3.8) is 0 Å². The third kappa shape index (κ3) is 3.59. The Kier molecular flexibility index (Phi) is 4.08. The van der Waals surface area contributed by atoms with Crippen molar-refractivity contribution in [2.24, 2.45) is 11.3 Å². The van der Waals surface area contributed by atoms with Gasteiger partial charge in [0.2, 0.25) is 0 Å². The fourth-order valence-corrected chi connectivity index (χ4v) is 2.43. The van der Waals surface area contributed by atoms with E-state index in [0.717, 1.165) is 17.1 Å². The zero-order valence-corrected chi connectivity index (χ0v) is 11.1. The van der Waals surface area contributed by atoms with E-state index in [1.807, 2.05) is 5.38 Å². The van der Waals surface area contributed by atoms with E-state index in [1.54, 1.807) is 25.2 Å². The number of aromatic nitrogens is 1. The molecule has 1 aromatic heterocycles. The Hall–Kier alpha value is -0.900. The fourth-order valence-electron chi connectivity index (χ4n) is 1.40. The largest absolute Gasteiger partial charge is 0.481 e. The minimum Gasteiger partial charge on any atom is -0.481 e. The van der Waals surface area contributed by atoms with Crippen molar-refractivity contribution in [2.45, 2.75) is 40.5 Å². The van der Waals surface area contributed by atoms with E-state index in [4.69, 9.17) is 5.11 Å². The number of hydrogen-bond acceptors (Lipinski definition) is 3. The smallest absolute Gasteiger partial charge is 0.309 e. The summed E-state index contributed by atoms with van der Waals surface area (Å²) in [7, 11) is 0. The van der Waals surface area contributed by atoms with Crippen LogP contribution in [-0.4, -0.2) is 16.1 Å². The third-order valence-corrected chi connectivity index (χ3v) is 3.29. The van der Waals surface area contributed by atoms with E-state index in [2.05, 4.69) is 18.8 Å². The lowest BCUT2D eigenvalue weighted by molar-refractivity contribution is -0.146. The number of rotatable bonds is 5. The van der Waals surface area contributed by atoms with Crippen LogP contribution < -0.4 is 0 Å². The lowest BCUT2D eigenvalue weighted by Crippen LogP contribution is -2.26. The number of aliphatic carboxylic acids is 1. The van der Waals surface area contributed by atoms with Crippen LogP contribution in [0.1, 0.15) is 38.4 Å². The summed E-state index contributed by atoms with van der Waals surface area (Å²) < 4.78 is 0. The average molecular weight is 241 g/mol. The highest BCUT2D eigenvalue weighted by atomic mass is 32.1. The molecule has 0 spiro atoms. The van der Waals surface area contributed by atoms with Crippen LogP contribution in [-0.2, 0) is 17.6 Å². The molecule has 0 amide bonds. The second-order valence-corrected chi connectivity index (χ2v) is 6.14. The normalized spacial score (nSPS) is 12.1. The number of carbonyl (C=O) groups is 1. The Balaban J connectivity index is 2.69. The first-order chi connectivity index (χ1) is 7.31. The number of carboxylic acids is 1. The zero-order valence-electron chi connectivity index (χ0n) is 10.3. The Bertz CT molecular complexity index is 369. The molecule has 0 radical (unpaired) electrons. The molecule has 1 heterocycles. The van der Waals surface area contributed by atoms with Gasteiger partial charge in [0.15, 0.2) is 0 Å². The molecular weight excluding hydrogens is 222 g/mol. The number of nitrogens with zero attached hydrogens (tertiary/aromatic N) is 1. The molecule has 16 heavy (non-hydrogen) atoms. The van der Waals surface area contributed by atoms with Gasteiger partial charge in [-0.15, -0.1) is 11.3 Å². The molecule has 3 nitrogen and oxygen atoms in total. The van der Waals surface area contributed by atoms with Crippen LogP contribution in [0.4, 0.5) is 0 Å². The van der Waals surface area contributed by atoms with Crippen LogP contribution in [0, 0.1) is 11.3 Å². The van der Waals surface area contributed by atoms with Crippen LogP contribution in [0.5, 0.6) is 0 Å². The molecule has 1 rings (SSSR count). The van der Waals surface area contributed by atoms with E-state index in [9.17, 15) is 4.79 Å². The maximum atomic E-state index is 11.0. The summed E-state index contributed by atoms with van der Waals surface area (Å²) >= 11 is 1.56. The van der Waals surface area contributed by atoms with Crippen molar-refractivity contribution in [3.05, 3.63) is 16.1 Å². The summed E-state index contributed by atoms with van der Waals surface area (Å²) in [6.07, 6.45) is 1.47. The summed E-state index contributed by atoms with van der Waals surface area (Å²) in [5.74, 6) is -0.185. The molecule has 0 bridgehead atoms. The van der Waals surface area contributed by atoms with Crippen molar-refractivity contribution < 1.29 is 9.90 Å². The Morgan fingerprint density at radius 3 is 2.69 bits per heavy atom. The lowest BCUT2D eigenvalue weighted by Gasteiger charge is -2.16. The van der Waals surface area contributed by atoms with Crippen LogP contribution in [0.25, 0.3) is 0 Å². The van der Waals surface area contributed by atoms with Gasteiger partial charge in [-0.3, -0.25) is 4.79 Å². The first-order valence-electron chi connectivity index (χ1n) is 5.48. The van der Waals surface area contributed by atoms with Gasteiger partial charge in [-0.05, 0) is 26.2 Å². The molecule has 0 saturated carbocycles. The second kappa shape index (κ2) is 4.95. The number of thiazole rings is 1. The third-order valence-electron chi connectivity index (χ3n) is 2.39. The van der Waals surface area contributed by atoms with E-state index in [-0.39, 0.29) is 0 Å². The number of carboxylic acid groups (broad SMARTS) is 1. The fraction of sp³-hybridized carbons (Fsp3) is 0.667. The van der Waals surface area contributed by atoms with Gasteiger partial charge in [0.1, 0.15) is 0 Å². The Morgan fingerprint density at radius 1 is 1.56 bits per heavy atom. The molecule has 0 aliphatic rings. The molecule has 0 aliphatic carbocycles. The summed E-state index contributed by atoms with van der Waals surface area (Å²) in [5.41, 5.74) is 0.351. The van der Waals surface area contributed by atoms with E-state index in [0.29, 0.717) is 12.3 Å². The molecule has 0 aromatic carbocycles. The quantitative estimate of drug-likeness (QED) is 0.862. The standard InChI is InChI=1S/C12H19NO2S/c1-8(2)5-9-7-16-10(13-9)6-12(3,4)11(14)15/h7-8H,5-6H2,1-4H3,(H,14,15). The Morgan fingerprint density at radius 2 is 2.19 bits per heavy atom. The molecule has 0 atom stereocenters. The predicted octanol–water partition coefficient (Wildman–Crippen LogP) is 2.99. The van der Waals surface area contributed by atoms with Crippen LogP contribution in [0.15, 0.2) is 5.38 Å². The first kappa shape index (κ1) is 13.2. The van der Waals surface area contributed by atoms with Crippen LogP contribution in [0.3, 0.4) is 0 Å². The molecule has 0 unspecified atom stereocenters. The summed E-state index contributed by atoms with van der Waals surface area (Å²) in [6.45, 7) is 7.78. The SMILES string of the molecule is CC(C)Cc1csc(CC(C)(C)C(=O)O)n1. The summed E-state index contributed by atoms with van der Waals surface area (Å²) in [6, 6.07) is 0. The molecule has 1 N–H and O–H groups in total. The molecule has 0 aliphatic heterocycles. The van der Waals surface area contributed by atoms with Crippen molar-refractivity contribution in [2.75, 3.05) is 0 Å². The highest BCUT2D eigenvalue weighted by molar-refractivity contribution is 7.09. The highest BCUT2D eigenvalue weighted by Gasteiger charge is 2.28. The molecule has 0 fully saturated rings. The van der Waals surface area contributed by atoms with E-state index >= 15 is 0 Å². The van der Waals surface area contributed by atoms with Crippen LogP contribution >= 0.6 is 11.3 Å². The first-order valence-corrected chi connectivity index (χ1v) is 6.36. The van der Waals surface area contributed by atoms with Gasteiger partial charge in [-0.1, -0.05) is 13.8 Å². The van der Waals surface area contributed by atoms with Gasteiger partial charge in [0, 0.05) is 11.8 Å². The van der Waals surface area contributed by atoms with Gasteiger partial charge in [-0.25, -0.2) is 4.98 Å². The summed E-state index contributed by atoms with van der Waals surface area (Å²) in [4.78, 5) is 15.5. The molecule has 90 valence electrons. The van der Waals surface area contributed by atoms with Crippen LogP contribution in [0.2, 0.25) is 0 Å². The lowest BCUT2D eigenvalue weighted by atomic mass is 9.90. The topological polar surface area (TPSA) is 50.2 Å². The van der Waals surface area contributed by atoms with Gasteiger partial charge in [0.05, 0.1) is 16.1 Å². The monoisotopic (exact) mass is 241 g/mol. The minimum atomic E-state index is -0.770. The maximum absolute atomic E-state index is 11.0. The predicted molar refractivity (Wildman–Crippen MR) is 65.8 cm³/mol. The average Bonchev–Trinajstić information content (AvgIpc) is 2.50. The van der Waals surface area contributed by atoms with Crippen molar-refractivity contribution in [3.8, 4) is 0 Å². The van der Waals surface area contributed by atoms with Gasteiger partial charge in [0.25, 0.3) is 0 Å². The second-order valence-electron chi connectivity index (χ2n) is 5.20. The van der Waals surface area contributed by atoms with Crippen molar-refractivity contribution in [1.29, 1.82) is 0 Å². The van der Waals surface area contributed by atoms with Gasteiger partial charge in [-0.2, -0.15) is 0 Å². The minimum absolute atomic E-state index is 0.505. The molecular formula is C12H19NO2S. The number of hydrogen-bond donors (Lipinski definition) is 1. The van der Waals surface area contributed by atoms with Gasteiger partial charge >= 0.3 is 5.97 Å². The van der Waals surface area contributed by atoms with Gasteiger partial charge < -0.3 is 5.11 Å². The van der Waals surface area contributed by atoms with E-state index in [1.165, 1.54) is 0 Å². The van der Waals surface area contributed by atoms with Crippen molar-refractivity contribution in [1.82, 2.24) is 4.98 Å². The van der Waals surface area contributed by atoms with E-state index < -0.39 is 11.4 Å². The van der Waals surface area contributed by atoms with Crippen molar-refractivity contribution >= 4 is 17.3 Å². The summed E-state index contributed by atoms with van der Waals surface area (Å²) in [5, 5.41) is 12.0. The Labute approximate surface area is 101 Å². The molecule has 1 aromatic rings.